The number of hydrogen-bond donors (Lipinski definition) is 1. The largest absolute Gasteiger partial charge is 0.486 e. The van der Waals surface area contributed by atoms with Gasteiger partial charge in [0.1, 0.15) is 13.2 Å². The van der Waals surface area contributed by atoms with Crippen molar-refractivity contribution in [2.75, 3.05) is 49.6 Å². The van der Waals surface area contributed by atoms with Crippen LogP contribution in [0.1, 0.15) is 5.56 Å². The number of nitrogens with zero attached hydrogens (tertiary/aromatic N) is 3. The number of piperazine rings is 1. The van der Waals surface area contributed by atoms with Crippen molar-refractivity contribution in [3.8, 4) is 17.6 Å². The van der Waals surface area contributed by atoms with Crippen LogP contribution in [0.2, 0.25) is 0 Å². The molecule has 138 valence electrons. The molecule has 2 heterocycles. The van der Waals surface area contributed by atoms with E-state index in [2.05, 4.69) is 16.3 Å². The fourth-order valence-electron chi connectivity index (χ4n) is 3.24. The fourth-order valence-corrected chi connectivity index (χ4v) is 3.24. The van der Waals surface area contributed by atoms with Crippen molar-refractivity contribution >= 4 is 17.4 Å². The summed E-state index contributed by atoms with van der Waals surface area (Å²) in [6, 6.07) is 15.0. The van der Waals surface area contributed by atoms with Gasteiger partial charge in [0.05, 0.1) is 11.6 Å². The molecule has 7 heteroatoms. The molecule has 0 radical (unpaired) electrons. The lowest BCUT2D eigenvalue weighted by atomic mass is 10.2. The van der Waals surface area contributed by atoms with Crippen LogP contribution in [0, 0.1) is 11.3 Å². The second-order valence-corrected chi connectivity index (χ2v) is 6.42. The molecule has 1 fully saturated rings. The highest BCUT2D eigenvalue weighted by Gasteiger charge is 2.22. The summed E-state index contributed by atoms with van der Waals surface area (Å²) in [5, 5.41) is 11.8. The van der Waals surface area contributed by atoms with E-state index in [1.165, 1.54) is 0 Å². The molecule has 2 aliphatic heterocycles. The minimum Gasteiger partial charge on any atom is -0.486 e. The zero-order chi connectivity index (χ0) is 18.6. The van der Waals surface area contributed by atoms with E-state index in [9.17, 15) is 4.79 Å². The summed E-state index contributed by atoms with van der Waals surface area (Å²) in [5.74, 6) is 1.36. The van der Waals surface area contributed by atoms with Crippen molar-refractivity contribution in [3.05, 3.63) is 48.0 Å². The van der Waals surface area contributed by atoms with Gasteiger partial charge in [-0.2, -0.15) is 5.26 Å². The number of carbonyl (C=O) groups excluding carboxylic acids is 1. The minimum atomic E-state index is -0.119. The summed E-state index contributed by atoms with van der Waals surface area (Å²) in [6.45, 7) is 3.83. The highest BCUT2D eigenvalue weighted by Crippen LogP contribution is 2.32. The van der Waals surface area contributed by atoms with Crippen molar-refractivity contribution < 1.29 is 14.3 Å². The number of benzene rings is 2. The fraction of sp³-hybridized carbons (Fsp3) is 0.300. The van der Waals surface area contributed by atoms with E-state index in [1.807, 2.05) is 36.4 Å². The first-order valence-electron chi connectivity index (χ1n) is 8.93. The Morgan fingerprint density at radius 3 is 2.37 bits per heavy atom. The van der Waals surface area contributed by atoms with Crippen LogP contribution in [0.3, 0.4) is 0 Å². The summed E-state index contributed by atoms with van der Waals surface area (Å²) in [4.78, 5) is 16.6. The molecule has 0 aromatic heterocycles. The van der Waals surface area contributed by atoms with Crippen LogP contribution in [0.4, 0.5) is 16.2 Å². The van der Waals surface area contributed by atoms with Crippen LogP contribution < -0.4 is 19.7 Å². The standard InChI is InChI=1S/C20H20N4O3/c21-14-15-1-4-17(5-2-15)23-7-9-24(10-8-23)20(25)22-16-3-6-18-19(13-16)27-12-11-26-18/h1-6,13H,7-12H2,(H,22,25). The van der Waals surface area contributed by atoms with Gasteiger partial charge in [0, 0.05) is 43.6 Å². The van der Waals surface area contributed by atoms with Crippen LogP contribution in [-0.2, 0) is 0 Å². The zero-order valence-corrected chi connectivity index (χ0v) is 14.9. The first kappa shape index (κ1) is 17.0. The van der Waals surface area contributed by atoms with Crippen molar-refractivity contribution in [1.29, 1.82) is 5.26 Å². The number of nitrogens with one attached hydrogen (secondary N) is 1. The zero-order valence-electron chi connectivity index (χ0n) is 14.9. The van der Waals surface area contributed by atoms with Gasteiger partial charge >= 0.3 is 6.03 Å². The summed E-state index contributed by atoms with van der Waals surface area (Å²) < 4.78 is 11.1. The number of hydrogen-bond acceptors (Lipinski definition) is 5. The molecule has 0 unspecified atom stereocenters. The second kappa shape index (κ2) is 7.46. The van der Waals surface area contributed by atoms with Gasteiger partial charge in [-0.3, -0.25) is 0 Å². The molecule has 2 aromatic carbocycles. The molecule has 2 aromatic rings. The maximum atomic E-state index is 12.6. The van der Waals surface area contributed by atoms with Crippen LogP contribution in [0.15, 0.2) is 42.5 Å². The SMILES string of the molecule is N#Cc1ccc(N2CCN(C(=O)Nc3ccc4c(c3)OCCO4)CC2)cc1. The van der Waals surface area contributed by atoms with E-state index in [-0.39, 0.29) is 6.03 Å². The van der Waals surface area contributed by atoms with Gasteiger partial charge in [-0.1, -0.05) is 0 Å². The minimum absolute atomic E-state index is 0.119. The third kappa shape index (κ3) is 3.75. The molecule has 1 N–H and O–H groups in total. The van der Waals surface area contributed by atoms with E-state index in [0.29, 0.717) is 49.1 Å². The second-order valence-electron chi connectivity index (χ2n) is 6.42. The lowest BCUT2D eigenvalue weighted by Crippen LogP contribution is -2.50. The van der Waals surface area contributed by atoms with Crippen LogP contribution in [0.5, 0.6) is 11.5 Å². The Balaban J connectivity index is 1.34. The van der Waals surface area contributed by atoms with Crippen molar-refractivity contribution in [3.63, 3.8) is 0 Å². The van der Waals surface area contributed by atoms with Crippen LogP contribution >= 0.6 is 0 Å². The molecule has 0 spiro atoms. The maximum absolute atomic E-state index is 12.6. The first-order valence-corrected chi connectivity index (χ1v) is 8.93. The van der Waals surface area contributed by atoms with Crippen molar-refractivity contribution in [1.82, 2.24) is 4.90 Å². The Labute approximate surface area is 157 Å². The lowest BCUT2D eigenvalue weighted by molar-refractivity contribution is 0.171. The Morgan fingerprint density at radius 1 is 0.963 bits per heavy atom. The highest BCUT2D eigenvalue weighted by atomic mass is 16.6. The van der Waals surface area contributed by atoms with E-state index in [0.717, 1.165) is 18.8 Å². The summed E-state index contributed by atoms with van der Waals surface area (Å²) in [7, 11) is 0. The number of rotatable bonds is 2. The quantitative estimate of drug-likeness (QED) is 0.886. The third-order valence-corrected chi connectivity index (χ3v) is 4.72. The van der Waals surface area contributed by atoms with Gasteiger partial charge in [-0.05, 0) is 36.4 Å². The topological polar surface area (TPSA) is 77.8 Å². The highest BCUT2D eigenvalue weighted by molar-refractivity contribution is 5.90. The van der Waals surface area contributed by atoms with Gasteiger partial charge < -0.3 is 24.6 Å². The molecular formula is C20H20N4O3. The van der Waals surface area contributed by atoms with E-state index >= 15 is 0 Å². The summed E-state index contributed by atoms with van der Waals surface area (Å²) >= 11 is 0. The smallest absolute Gasteiger partial charge is 0.321 e. The molecule has 4 rings (SSSR count). The molecule has 2 amide bonds. The Kier molecular flexibility index (Phi) is 4.71. The monoisotopic (exact) mass is 364 g/mol. The van der Waals surface area contributed by atoms with Gasteiger partial charge in [-0.15, -0.1) is 0 Å². The van der Waals surface area contributed by atoms with Gasteiger partial charge in [-0.25, -0.2) is 4.79 Å². The predicted molar refractivity (Wildman–Crippen MR) is 101 cm³/mol. The lowest BCUT2D eigenvalue weighted by Gasteiger charge is -2.36. The van der Waals surface area contributed by atoms with E-state index in [4.69, 9.17) is 14.7 Å². The van der Waals surface area contributed by atoms with Crippen molar-refractivity contribution in [2.24, 2.45) is 0 Å². The number of nitriles is 1. The van der Waals surface area contributed by atoms with Gasteiger partial charge in [0.25, 0.3) is 0 Å². The molecule has 2 aliphatic rings. The molecule has 1 saturated heterocycles. The average Bonchev–Trinajstić information content (AvgIpc) is 2.74. The van der Waals surface area contributed by atoms with Crippen LogP contribution in [-0.4, -0.2) is 50.3 Å². The number of fused-ring (bicyclic) bond motifs is 1. The number of amides is 2. The van der Waals surface area contributed by atoms with Crippen LogP contribution in [0.25, 0.3) is 0 Å². The molecular weight excluding hydrogens is 344 g/mol. The molecule has 0 aliphatic carbocycles. The predicted octanol–water partition coefficient (Wildman–Crippen LogP) is 2.68. The van der Waals surface area contributed by atoms with E-state index < -0.39 is 0 Å². The number of anilines is 2. The molecule has 27 heavy (non-hydrogen) atoms. The van der Waals surface area contributed by atoms with Gasteiger partial charge in [0.2, 0.25) is 0 Å². The Morgan fingerprint density at radius 2 is 1.67 bits per heavy atom. The molecule has 0 saturated carbocycles. The number of urea groups is 1. The Bertz CT molecular complexity index is 868. The molecule has 0 atom stereocenters. The normalized spacial score (nSPS) is 15.8. The average molecular weight is 364 g/mol. The van der Waals surface area contributed by atoms with Gasteiger partial charge in [0.15, 0.2) is 11.5 Å². The maximum Gasteiger partial charge on any atom is 0.321 e. The Hall–Kier alpha value is -3.40. The first-order chi connectivity index (χ1) is 13.2. The summed E-state index contributed by atoms with van der Waals surface area (Å²) in [6.07, 6.45) is 0. The molecule has 0 bridgehead atoms. The number of carbonyl (C=O) groups is 1. The number of ether oxygens (including phenoxy) is 2. The van der Waals surface area contributed by atoms with E-state index in [1.54, 1.807) is 11.0 Å². The van der Waals surface area contributed by atoms with Crippen molar-refractivity contribution in [2.45, 2.75) is 0 Å². The summed E-state index contributed by atoms with van der Waals surface area (Å²) in [5.41, 5.74) is 2.41. The third-order valence-electron chi connectivity index (χ3n) is 4.72. The molecule has 7 nitrogen and oxygen atoms in total.